The molecule has 1 aliphatic rings. The van der Waals surface area contributed by atoms with Crippen LogP contribution in [-0.2, 0) is 0 Å². The van der Waals surface area contributed by atoms with Crippen LogP contribution in [0.5, 0.6) is 0 Å². The van der Waals surface area contributed by atoms with Gasteiger partial charge < -0.3 is 4.90 Å². The first-order valence-corrected chi connectivity index (χ1v) is 5.92. The third kappa shape index (κ3) is 4.06. The molecule has 1 rings (SSSR count). The standard InChI is InChI=1S/C11H19NS/c1-4-5-6-7-12-8-9-13-11(2,3)10-12/h1H,5-10H2,2-3H3. The summed E-state index contributed by atoms with van der Waals surface area (Å²) in [6.07, 6.45) is 7.30. The summed E-state index contributed by atoms with van der Waals surface area (Å²) in [6.45, 7) is 8.27. The molecule has 1 aliphatic heterocycles. The summed E-state index contributed by atoms with van der Waals surface area (Å²) in [4.78, 5) is 2.54. The van der Waals surface area contributed by atoms with Crippen molar-refractivity contribution in [3.05, 3.63) is 0 Å². The zero-order chi connectivity index (χ0) is 9.73. The Balaban J connectivity index is 2.23. The van der Waals surface area contributed by atoms with E-state index >= 15 is 0 Å². The molecule has 13 heavy (non-hydrogen) atoms. The molecule has 2 heteroatoms. The van der Waals surface area contributed by atoms with Crippen molar-refractivity contribution in [2.24, 2.45) is 0 Å². The second kappa shape index (κ2) is 4.93. The fourth-order valence-corrected chi connectivity index (χ4v) is 2.89. The Morgan fingerprint density at radius 2 is 2.31 bits per heavy atom. The van der Waals surface area contributed by atoms with E-state index in [-0.39, 0.29) is 0 Å². The van der Waals surface area contributed by atoms with Crippen molar-refractivity contribution in [2.75, 3.05) is 25.4 Å². The molecule has 0 spiro atoms. The van der Waals surface area contributed by atoms with Gasteiger partial charge in [-0.25, -0.2) is 0 Å². The van der Waals surface area contributed by atoms with Gasteiger partial charge in [0.05, 0.1) is 0 Å². The highest BCUT2D eigenvalue weighted by Crippen LogP contribution is 2.29. The summed E-state index contributed by atoms with van der Waals surface area (Å²) in [5.74, 6) is 3.96. The van der Waals surface area contributed by atoms with E-state index in [0.717, 1.165) is 12.8 Å². The molecule has 0 atom stereocenters. The number of unbranched alkanes of at least 4 members (excludes halogenated alkanes) is 1. The molecule has 0 N–H and O–H groups in total. The van der Waals surface area contributed by atoms with Gasteiger partial charge in [-0.3, -0.25) is 0 Å². The molecular formula is C11H19NS. The van der Waals surface area contributed by atoms with Crippen molar-refractivity contribution in [3.8, 4) is 12.3 Å². The molecule has 74 valence electrons. The maximum atomic E-state index is 5.22. The van der Waals surface area contributed by atoms with Crippen molar-refractivity contribution >= 4 is 11.8 Å². The lowest BCUT2D eigenvalue weighted by Gasteiger charge is -2.37. The number of hydrogen-bond donors (Lipinski definition) is 0. The van der Waals surface area contributed by atoms with Gasteiger partial charge in [-0.05, 0) is 26.8 Å². The third-order valence-corrected chi connectivity index (χ3v) is 3.60. The summed E-state index contributed by atoms with van der Waals surface area (Å²) < 4.78 is 0.439. The van der Waals surface area contributed by atoms with Crippen LogP contribution < -0.4 is 0 Å². The summed E-state index contributed by atoms with van der Waals surface area (Å²) in [7, 11) is 0. The van der Waals surface area contributed by atoms with Crippen LogP contribution in [0.2, 0.25) is 0 Å². The number of hydrogen-bond acceptors (Lipinski definition) is 2. The Hall–Kier alpha value is -0.130. The van der Waals surface area contributed by atoms with E-state index in [0.29, 0.717) is 4.75 Å². The monoisotopic (exact) mass is 197 g/mol. The Morgan fingerprint density at radius 3 is 2.92 bits per heavy atom. The molecule has 1 saturated heterocycles. The maximum absolute atomic E-state index is 5.22. The average molecular weight is 197 g/mol. The quantitative estimate of drug-likeness (QED) is 0.504. The molecule has 0 aromatic heterocycles. The highest BCUT2D eigenvalue weighted by Gasteiger charge is 2.26. The minimum Gasteiger partial charge on any atom is -0.301 e. The van der Waals surface area contributed by atoms with Gasteiger partial charge in [0.1, 0.15) is 0 Å². The first kappa shape index (κ1) is 10.9. The molecule has 0 aromatic carbocycles. The topological polar surface area (TPSA) is 3.24 Å². The third-order valence-electron chi connectivity index (χ3n) is 2.30. The van der Waals surface area contributed by atoms with E-state index in [2.05, 4.69) is 36.4 Å². The lowest BCUT2D eigenvalue weighted by molar-refractivity contribution is 0.259. The smallest absolute Gasteiger partial charge is 0.0231 e. The molecule has 1 nitrogen and oxygen atoms in total. The summed E-state index contributed by atoms with van der Waals surface area (Å²) in [5.41, 5.74) is 0. The van der Waals surface area contributed by atoms with Gasteiger partial charge in [0, 0.05) is 30.0 Å². The van der Waals surface area contributed by atoms with E-state index < -0.39 is 0 Å². The summed E-state index contributed by atoms with van der Waals surface area (Å²) in [5, 5.41) is 0. The van der Waals surface area contributed by atoms with Crippen LogP contribution >= 0.6 is 11.8 Å². The van der Waals surface area contributed by atoms with Gasteiger partial charge in [-0.15, -0.1) is 12.3 Å². The van der Waals surface area contributed by atoms with E-state index in [1.807, 2.05) is 0 Å². The fourth-order valence-electron chi connectivity index (χ4n) is 1.71. The molecular weight excluding hydrogens is 178 g/mol. The molecule has 0 aliphatic carbocycles. The Labute approximate surface area is 86.3 Å². The second-order valence-corrected chi connectivity index (χ2v) is 5.99. The molecule has 1 heterocycles. The van der Waals surface area contributed by atoms with Crippen LogP contribution in [0.1, 0.15) is 26.7 Å². The van der Waals surface area contributed by atoms with Gasteiger partial charge in [0.2, 0.25) is 0 Å². The van der Waals surface area contributed by atoms with Crippen LogP contribution in [0.15, 0.2) is 0 Å². The SMILES string of the molecule is C#CCCCN1CCSC(C)(C)C1. The zero-order valence-electron chi connectivity index (χ0n) is 8.68. The highest BCUT2D eigenvalue weighted by molar-refractivity contribution is 8.00. The van der Waals surface area contributed by atoms with E-state index in [9.17, 15) is 0 Å². The minimum absolute atomic E-state index is 0.439. The van der Waals surface area contributed by atoms with Gasteiger partial charge in [0.15, 0.2) is 0 Å². The molecule has 0 aromatic rings. The normalized spacial score (nSPS) is 22.5. The molecule has 0 amide bonds. The molecule has 0 saturated carbocycles. The van der Waals surface area contributed by atoms with Crippen LogP contribution in [0.25, 0.3) is 0 Å². The van der Waals surface area contributed by atoms with E-state index in [4.69, 9.17) is 6.42 Å². The van der Waals surface area contributed by atoms with Crippen molar-refractivity contribution in [3.63, 3.8) is 0 Å². The fraction of sp³-hybridized carbons (Fsp3) is 0.818. The van der Waals surface area contributed by atoms with Crippen LogP contribution in [0.4, 0.5) is 0 Å². The van der Waals surface area contributed by atoms with Crippen LogP contribution in [0, 0.1) is 12.3 Å². The summed E-state index contributed by atoms with van der Waals surface area (Å²) in [6, 6.07) is 0. The van der Waals surface area contributed by atoms with Crippen molar-refractivity contribution in [2.45, 2.75) is 31.4 Å². The number of terminal acetylenes is 1. The first-order valence-electron chi connectivity index (χ1n) is 4.94. The number of rotatable bonds is 3. The molecule has 1 fully saturated rings. The van der Waals surface area contributed by atoms with Crippen LogP contribution in [-0.4, -0.2) is 35.0 Å². The highest BCUT2D eigenvalue weighted by atomic mass is 32.2. The predicted molar refractivity (Wildman–Crippen MR) is 61.0 cm³/mol. The zero-order valence-corrected chi connectivity index (χ0v) is 9.49. The van der Waals surface area contributed by atoms with E-state index in [1.54, 1.807) is 0 Å². The van der Waals surface area contributed by atoms with E-state index in [1.165, 1.54) is 25.4 Å². The van der Waals surface area contributed by atoms with Crippen molar-refractivity contribution in [1.82, 2.24) is 4.90 Å². The van der Waals surface area contributed by atoms with Gasteiger partial charge in [-0.1, -0.05) is 0 Å². The number of thioether (sulfide) groups is 1. The Bertz CT molecular complexity index is 193. The number of nitrogens with zero attached hydrogens (tertiary/aromatic N) is 1. The molecule has 0 unspecified atom stereocenters. The lowest BCUT2D eigenvalue weighted by atomic mass is 10.1. The minimum atomic E-state index is 0.439. The maximum Gasteiger partial charge on any atom is 0.0231 e. The molecule has 0 radical (unpaired) electrons. The van der Waals surface area contributed by atoms with Gasteiger partial charge in [-0.2, -0.15) is 11.8 Å². The molecule has 0 bridgehead atoms. The second-order valence-electron chi connectivity index (χ2n) is 4.19. The Kier molecular flexibility index (Phi) is 4.15. The lowest BCUT2D eigenvalue weighted by Crippen LogP contribution is -2.43. The van der Waals surface area contributed by atoms with Crippen LogP contribution in [0.3, 0.4) is 0 Å². The van der Waals surface area contributed by atoms with Crippen molar-refractivity contribution in [1.29, 1.82) is 0 Å². The average Bonchev–Trinajstić information content (AvgIpc) is 2.03. The van der Waals surface area contributed by atoms with Gasteiger partial charge in [0.25, 0.3) is 0 Å². The summed E-state index contributed by atoms with van der Waals surface area (Å²) >= 11 is 2.08. The van der Waals surface area contributed by atoms with Gasteiger partial charge >= 0.3 is 0 Å². The van der Waals surface area contributed by atoms with Crippen molar-refractivity contribution < 1.29 is 0 Å². The largest absolute Gasteiger partial charge is 0.301 e. The Morgan fingerprint density at radius 1 is 1.54 bits per heavy atom. The first-order chi connectivity index (χ1) is 6.14. The predicted octanol–water partition coefficient (Wildman–Crippen LogP) is 2.23.